The van der Waals surface area contributed by atoms with Crippen LogP contribution in [0.25, 0.3) is 0 Å². The Morgan fingerprint density at radius 3 is 2.35 bits per heavy atom. The van der Waals surface area contributed by atoms with E-state index in [0.717, 1.165) is 12.8 Å². The molecule has 0 fully saturated rings. The molecule has 0 amide bonds. The molecular formula is C14H23NO3S2. The number of ether oxygens (including phenoxy) is 1. The smallest absolute Gasteiger partial charge is 0.243 e. The molecular weight excluding hydrogens is 294 g/mol. The topological polar surface area (TPSA) is 46.6 Å². The molecule has 0 aromatic heterocycles. The summed E-state index contributed by atoms with van der Waals surface area (Å²) in [5.74, 6) is 0.645. The Morgan fingerprint density at radius 2 is 1.90 bits per heavy atom. The first kappa shape index (κ1) is 17.3. The number of unbranched alkanes of at least 4 members (excludes halogenated alkanes) is 1. The van der Waals surface area contributed by atoms with Crippen LogP contribution in [-0.2, 0) is 10.0 Å². The molecule has 6 heteroatoms. The van der Waals surface area contributed by atoms with Gasteiger partial charge in [-0.3, -0.25) is 0 Å². The van der Waals surface area contributed by atoms with Gasteiger partial charge >= 0.3 is 0 Å². The van der Waals surface area contributed by atoms with E-state index in [9.17, 15) is 8.42 Å². The third-order valence-electron chi connectivity index (χ3n) is 2.93. The molecule has 20 heavy (non-hydrogen) atoms. The lowest BCUT2D eigenvalue weighted by Gasteiger charge is -2.23. The van der Waals surface area contributed by atoms with E-state index in [2.05, 4.69) is 12.6 Å². The van der Waals surface area contributed by atoms with Crippen LogP contribution in [0.5, 0.6) is 5.75 Å². The lowest BCUT2D eigenvalue weighted by Crippen LogP contribution is -2.36. The van der Waals surface area contributed by atoms with Crippen molar-refractivity contribution in [1.29, 1.82) is 0 Å². The summed E-state index contributed by atoms with van der Waals surface area (Å²) in [6.07, 6.45) is 1.80. The zero-order valence-electron chi connectivity index (χ0n) is 12.2. The van der Waals surface area contributed by atoms with Crippen molar-refractivity contribution in [3.8, 4) is 5.75 Å². The summed E-state index contributed by atoms with van der Waals surface area (Å²) < 4.78 is 31.8. The van der Waals surface area contributed by atoms with Gasteiger partial charge in [0.2, 0.25) is 10.0 Å². The average Bonchev–Trinajstić information content (AvgIpc) is 2.43. The van der Waals surface area contributed by atoms with Gasteiger partial charge in [0, 0.05) is 18.3 Å². The summed E-state index contributed by atoms with van der Waals surface area (Å²) in [5, 5.41) is -0.000112. The molecule has 0 radical (unpaired) electrons. The fraction of sp³-hybridized carbons (Fsp3) is 0.571. The normalized spacial score (nSPS) is 13.4. The highest BCUT2D eigenvalue weighted by atomic mass is 32.2. The van der Waals surface area contributed by atoms with Gasteiger partial charge in [-0.1, -0.05) is 20.3 Å². The number of hydrogen-bond donors (Lipinski definition) is 1. The Labute approximate surface area is 127 Å². The van der Waals surface area contributed by atoms with Crippen molar-refractivity contribution in [2.75, 3.05) is 20.2 Å². The van der Waals surface area contributed by atoms with Crippen LogP contribution >= 0.6 is 12.6 Å². The minimum Gasteiger partial charge on any atom is -0.497 e. The molecule has 1 aromatic carbocycles. The Balaban J connectivity index is 3.00. The van der Waals surface area contributed by atoms with E-state index >= 15 is 0 Å². The van der Waals surface area contributed by atoms with Gasteiger partial charge in [-0.2, -0.15) is 16.9 Å². The van der Waals surface area contributed by atoms with Crippen LogP contribution in [0, 0.1) is 0 Å². The van der Waals surface area contributed by atoms with Gasteiger partial charge < -0.3 is 4.74 Å². The second-order valence-electron chi connectivity index (χ2n) is 4.74. The quantitative estimate of drug-likeness (QED) is 0.750. The molecule has 1 rings (SSSR count). The van der Waals surface area contributed by atoms with Gasteiger partial charge in [-0.05, 0) is 30.7 Å². The van der Waals surface area contributed by atoms with Gasteiger partial charge in [-0.25, -0.2) is 8.42 Å². The highest BCUT2D eigenvalue weighted by Gasteiger charge is 2.24. The maximum absolute atomic E-state index is 12.6. The van der Waals surface area contributed by atoms with E-state index in [1.807, 2.05) is 13.8 Å². The SMILES string of the molecule is CCCCN(CC(C)S)S(=O)(=O)c1ccc(OC)cc1. The molecule has 1 unspecified atom stereocenters. The van der Waals surface area contributed by atoms with Crippen LogP contribution in [0.3, 0.4) is 0 Å². The van der Waals surface area contributed by atoms with Crippen LogP contribution in [0.4, 0.5) is 0 Å². The monoisotopic (exact) mass is 317 g/mol. The number of sulfonamides is 1. The highest BCUT2D eigenvalue weighted by Crippen LogP contribution is 2.20. The minimum atomic E-state index is -3.46. The van der Waals surface area contributed by atoms with Gasteiger partial charge in [0.05, 0.1) is 12.0 Å². The van der Waals surface area contributed by atoms with Crippen molar-refractivity contribution >= 4 is 22.7 Å². The number of nitrogens with zero attached hydrogens (tertiary/aromatic N) is 1. The van der Waals surface area contributed by atoms with Crippen LogP contribution < -0.4 is 4.74 Å². The lowest BCUT2D eigenvalue weighted by molar-refractivity contribution is 0.405. The molecule has 0 aliphatic heterocycles. The average molecular weight is 317 g/mol. The van der Waals surface area contributed by atoms with Crippen LogP contribution in [-0.4, -0.2) is 38.2 Å². The van der Waals surface area contributed by atoms with Gasteiger partial charge in [0.1, 0.15) is 5.75 Å². The van der Waals surface area contributed by atoms with E-state index in [1.165, 1.54) is 4.31 Å². The second-order valence-corrected chi connectivity index (χ2v) is 7.56. The number of methoxy groups -OCH3 is 1. The highest BCUT2D eigenvalue weighted by molar-refractivity contribution is 7.89. The molecule has 0 aliphatic carbocycles. The summed E-state index contributed by atoms with van der Waals surface area (Å²) in [6.45, 7) is 4.88. The number of hydrogen-bond acceptors (Lipinski definition) is 4. The maximum Gasteiger partial charge on any atom is 0.243 e. The summed E-state index contributed by atoms with van der Waals surface area (Å²) in [6, 6.07) is 6.48. The van der Waals surface area contributed by atoms with Crippen LogP contribution in [0.1, 0.15) is 26.7 Å². The second kappa shape index (κ2) is 7.90. The number of benzene rings is 1. The Morgan fingerprint density at radius 1 is 1.30 bits per heavy atom. The largest absolute Gasteiger partial charge is 0.497 e. The van der Waals surface area contributed by atoms with Crippen LogP contribution in [0.2, 0.25) is 0 Å². The molecule has 1 aromatic rings. The van der Waals surface area contributed by atoms with Gasteiger partial charge in [0.15, 0.2) is 0 Å². The van der Waals surface area contributed by atoms with Gasteiger partial charge in [0.25, 0.3) is 0 Å². The van der Waals surface area contributed by atoms with Crippen molar-refractivity contribution in [3.05, 3.63) is 24.3 Å². The number of thiol groups is 1. The molecule has 1 atom stereocenters. The summed E-state index contributed by atoms with van der Waals surface area (Å²) in [7, 11) is -1.91. The molecule has 0 saturated carbocycles. The standard InChI is InChI=1S/C14H23NO3S2/c1-4-5-10-15(11-12(2)19)20(16,17)14-8-6-13(18-3)7-9-14/h6-9,12,19H,4-5,10-11H2,1-3H3. The van der Waals surface area contributed by atoms with Gasteiger partial charge in [-0.15, -0.1) is 0 Å². The van der Waals surface area contributed by atoms with E-state index in [4.69, 9.17) is 4.74 Å². The molecule has 0 saturated heterocycles. The number of rotatable bonds is 8. The Hall–Kier alpha value is -0.720. The fourth-order valence-electron chi connectivity index (χ4n) is 1.84. The van der Waals surface area contributed by atoms with Crippen molar-refractivity contribution in [2.45, 2.75) is 36.8 Å². The molecule has 0 N–H and O–H groups in total. The van der Waals surface area contributed by atoms with E-state index in [-0.39, 0.29) is 5.25 Å². The minimum absolute atomic E-state index is 0.000112. The molecule has 0 aliphatic rings. The predicted molar refractivity (Wildman–Crippen MR) is 85.1 cm³/mol. The first-order valence-corrected chi connectivity index (χ1v) is 8.69. The maximum atomic E-state index is 12.6. The predicted octanol–water partition coefficient (Wildman–Crippen LogP) is 2.80. The zero-order valence-corrected chi connectivity index (χ0v) is 14.0. The molecule has 0 spiro atoms. The van der Waals surface area contributed by atoms with E-state index in [1.54, 1.807) is 31.4 Å². The molecule has 4 nitrogen and oxygen atoms in total. The van der Waals surface area contributed by atoms with E-state index in [0.29, 0.717) is 23.7 Å². The summed E-state index contributed by atoms with van der Waals surface area (Å²) >= 11 is 4.31. The third kappa shape index (κ3) is 4.68. The zero-order chi connectivity index (χ0) is 15.2. The summed E-state index contributed by atoms with van der Waals surface area (Å²) in [4.78, 5) is 0.295. The van der Waals surface area contributed by atoms with Crippen LogP contribution in [0.15, 0.2) is 29.2 Å². The van der Waals surface area contributed by atoms with Crippen molar-refractivity contribution in [1.82, 2.24) is 4.31 Å². The van der Waals surface area contributed by atoms with E-state index < -0.39 is 10.0 Å². The molecule has 0 bridgehead atoms. The van der Waals surface area contributed by atoms with Crippen molar-refractivity contribution < 1.29 is 13.2 Å². The van der Waals surface area contributed by atoms with Crippen molar-refractivity contribution in [3.63, 3.8) is 0 Å². The molecule has 114 valence electrons. The summed E-state index contributed by atoms with van der Waals surface area (Å²) in [5.41, 5.74) is 0. The third-order valence-corrected chi connectivity index (χ3v) is 4.97. The first-order valence-electron chi connectivity index (χ1n) is 6.74. The Kier molecular flexibility index (Phi) is 6.85. The fourth-order valence-corrected chi connectivity index (χ4v) is 3.71. The Bertz CT molecular complexity index is 498. The lowest BCUT2D eigenvalue weighted by atomic mass is 10.3. The van der Waals surface area contributed by atoms with Crippen molar-refractivity contribution in [2.24, 2.45) is 0 Å². The molecule has 0 heterocycles. The first-order chi connectivity index (χ1) is 9.41.